The zero-order chi connectivity index (χ0) is 19.6. The van der Waals surface area contributed by atoms with Crippen molar-refractivity contribution in [3.8, 4) is 0 Å². The summed E-state index contributed by atoms with van der Waals surface area (Å²) >= 11 is 3.34. The molecule has 3 aromatic rings. The number of halogens is 2. The molecule has 138 valence electrons. The highest BCUT2D eigenvalue weighted by molar-refractivity contribution is 9.10. The summed E-state index contributed by atoms with van der Waals surface area (Å²) in [6, 6.07) is 11.8. The van der Waals surface area contributed by atoms with Gasteiger partial charge in [-0.2, -0.15) is 0 Å². The van der Waals surface area contributed by atoms with Gasteiger partial charge in [-0.1, -0.05) is 28.1 Å². The molecule has 0 fully saturated rings. The number of hydrogen-bond donors (Lipinski definition) is 1. The van der Waals surface area contributed by atoms with E-state index in [9.17, 15) is 14.0 Å². The van der Waals surface area contributed by atoms with Gasteiger partial charge in [-0.15, -0.1) is 0 Å². The van der Waals surface area contributed by atoms with Crippen LogP contribution in [0.2, 0.25) is 0 Å². The fraction of sp³-hybridized carbons (Fsp3) is 0.150. The predicted octanol–water partition coefficient (Wildman–Crippen LogP) is 4.09. The van der Waals surface area contributed by atoms with Gasteiger partial charge < -0.3 is 10.1 Å². The molecule has 5 nitrogen and oxygen atoms in total. The molecular formula is C20H16BrFN2O3. The molecule has 1 aromatic heterocycles. The summed E-state index contributed by atoms with van der Waals surface area (Å²) in [6.45, 7) is 1.66. The summed E-state index contributed by atoms with van der Waals surface area (Å²) in [6.07, 6.45) is 0. The molecule has 0 bridgehead atoms. The van der Waals surface area contributed by atoms with Crippen molar-refractivity contribution in [2.75, 3.05) is 7.11 Å². The van der Waals surface area contributed by atoms with Crippen molar-refractivity contribution in [2.24, 2.45) is 0 Å². The number of nitrogens with one attached hydrogen (secondary N) is 1. The number of fused-ring (bicyclic) bond motifs is 1. The monoisotopic (exact) mass is 430 g/mol. The molecular weight excluding hydrogens is 415 g/mol. The Morgan fingerprint density at radius 2 is 1.85 bits per heavy atom. The van der Waals surface area contributed by atoms with Gasteiger partial charge in [-0.05, 0) is 42.8 Å². The Morgan fingerprint density at radius 3 is 2.52 bits per heavy atom. The molecule has 0 saturated carbocycles. The summed E-state index contributed by atoms with van der Waals surface area (Å²) in [5.74, 6) is -1.45. The number of hydrogen-bond acceptors (Lipinski definition) is 4. The van der Waals surface area contributed by atoms with Gasteiger partial charge in [-0.3, -0.25) is 9.78 Å². The molecule has 0 aliphatic heterocycles. The number of methoxy groups -OCH3 is 1. The van der Waals surface area contributed by atoms with Crippen molar-refractivity contribution in [1.29, 1.82) is 0 Å². The van der Waals surface area contributed by atoms with E-state index < -0.39 is 23.7 Å². The van der Waals surface area contributed by atoms with Crippen molar-refractivity contribution < 1.29 is 18.7 Å². The van der Waals surface area contributed by atoms with Gasteiger partial charge in [0.05, 0.1) is 23.9 Å². The second-order valence-corrected chi connectivity index (χ2v) is 6.86. The number of aromatic nitrogens is 1. The van der Waals surface area contributed by atoms with Crippen LogP contribution >= 0.6 is 15.9 Å². The minimum Gasteiger partial charge on any atom is -0.467 e. The number of benzene rings is 2. The van der Waals surface area contributed by atoms with Gasteiger partial charge in [0.25, 0.3) is 5.91 Å². The van der Waals surface area contributed by atoms with Gasteiger partial charge in [-0.25, -0.2) is 9.18 Å². The highest BCUT2D eigenvalue weighted by Gasteiger charge is 2.25. The normalized spacial score (nSPS) is 11.9. The number of rotatable bonds is 4. The lowest BCUT2D eigenvalue weighted by atomic mass is 10.0. The van der Waals surface area contributed by atoms with Crippen molar-refractivity contribution >= 4 is 38.7 Å². The first-order chi connectivity index (χ1) is 12.9. The Morgan fingerprint density at radius 1 is 1.15 bits per heavy atom. The first-order valence-electron chi connectivity index (χ1n) is 8.10. The average Bonchev–Trinajstić information content (AvgIpc) is 2.65. The summed E-state index contributed by atoms with van der Waals surface area (Å²) in [5, 5.41) is 3.32. The number of carbonyl (C=O) groups excluding carboxylic acids is 2. The number of carbonyl (C=O) groups is 2. The zero-order valence-electron chi connectivity index (χ0n) is 14.6. The van der Waals surface area contributed by atoms with Crippen LogP contribution in [-0.2, 0) is 9.53 Å². The van der Waals surface area contributed by atoms with Crippen LogP contribution in [0.4, 0.5) is 4.39 Å². The summed E-state index contributed by atoms with van der Waals surface area (Å²) in [4.78, 5) is 29.3. The maximum absolute atomic E-state index is 13.4. The lowest BCUT2D eigenvalue weighted by Crippen LogP contribution is -2.35. The molecule has 0 spiro atoms. The van der Waals surface area contributed by atoms with Gasteiger partial charge in [0.15, 0.2) is 6.04 Å². The van der Waals surface area contributed by atoms with Gasteiger partial charge in [0, 0.05) is 15.9 Å². The standard InChI is InChI=1S/C20H16BrFN2O3/c1-11-16(9-13-5-8-15(22)10-17(13)23-11)19(25)24-18(20(26)27-2)12-3-6-14(21)7-4-12/h3-10,18H,1-2H3,(H,24,25)/t18-/m0/s1. The lowest BCUT2D eigenvalue weighted by molar-refractivity contribution is -0.143. The van der Waals surface area contributed by atoms with Crippen molar-refractivity contribution in [2.45, 2.75) is 13.0 Å². The summed E-state index contributed by atoms with van der Waals surface area (Å²) in [7, 11) is 1.26. The Bertz CT molecular complexity index is 1020. The van der Waals surface area contributed by atoms with E-state index in [1.54, 1.807) is 43.3 Å². The Labute approximate surface area is 163 Å². The molecule has 0 aliphatic carbocycles. The Hall–Kier alpha value is -2.80. The van der Waals surface area contributed by atoms with E-state index >= 15 is 0 Å². The lowest BCUT2D eigenvalue weighted by Gasteiger charge is -2.18. The predicted molar refractivity (Wildman–Crippen MR) is 103 cm³/mol. The average molecular weight is 431 g/mol. The van der Waals surface area contributed by atoms with E-state index in [1.807, 2.05) is 0 Å². The third-order valence-corrected chi connectivity index (χ3v) is 4.66. The van der Waals surface area contributed by atoms with Crippen LogP contribution in [0.15, 0.2) is 53.0 Å². The van der Waals surface area contributed by atoms with E-state index in [4.69, 9.17) is 4.74 Å². The van der Waals surface area contributed by atoms with E-state index in [2.05, 4.69) is 26.2 Å². The van der Waals surface area contributed by atoms with Crippen molar-refractivity contribution in [3.05, 3.63) is 75.6 Å². The molecule has 1 N–H and O–H groups in total. The Kier molecular flexibility index (Phi) is 5.51. The van der Waals surface area contributed by atoms with Crippen LogP contribution in [0.3, 0.4) is 0 Å². The quantitative estimate of drug-likeness (QED) is 0.632. The Balaban J connectivity index is 1.94. The number of nitrogens with zero attached hydrogens (tertiary/aromatic N) is 1. The molecule has 2 aromatic carbocycles. The molecule has 27 heavy (non-hydrogen) atoms. The minimum atomic E-state index is -0.959. The maximum Gasteiger partial charge on any atom is 0.333 e. The van der Waals surface area contributed by atoms with Crippen molar-refractivity contribution in [3.63, 3.8) is 0 Å². The molecule has 3 rings (SSSR count). The SMILES string of the molecule is COC(=O)[C@@H](NC(=O)c1cc2ccc(F)cc2nc1C)c1ccc(Br)cc1. The second-order valence-electron chi connectivity index (χ2n) is 5.94. The number of amides is 1. The van der Waals surface area contributed by atoms with Crippen LogP contribution in [0.1, 0.15) is 27.7 Å². The molecule has 1 amide bonds. The summed E-state index contributed by atoms with van der Waals surface area (Å²) in [5.41, 5.74) is 1.79. The number of ether oxygens (including phenoxy) is 1. The highest BCUT2D eigenvalue weighted by Crippen LogP contribution is 2.21. The van der Waals surface area contributed by atoms with E-state index in [1.165, 1.54) is 19.2 Å². The summed E-state index contributed by atoms with van der Waals surface area (Å²) < 4.78 is 19.0. The smallest absolute Gasteiger partial charge is 0.333 e. The second kappa shape index (κ2) is 7.84. The first-order valence-corrected chi connectivity index (χ1v) is 8.89. The zero-order valence-corrected chi connectivity index (χ0v) is 16.2. The fourth-order valence-electron chi connectivity index (χ4n) is 2.73. The molecule has 1 heterocycles. The topological polar surface area (TPSA) is 68.3 Å². The molecule has 0 aliphatic rings. The third kappa shape index (κ3) is 4.14. The maximum atomic E-state index is 13.4. The van der Waals surface area contributed by atoms with E-state index in [-0.39, 0.29) is 0 Å². The molecule has 0 saturated heterocycles. The highest BCUT2D eigenvalue weighted by atomic mass is 79.9. The van der Waals surface area contributed by atoms with Gasteiger partial charge >= 0.3 is 5.97 Å². The van der Waals surface area contributed by atoms with Crippen molar-refractivity contribution in [1.82, 2.24) is 10.3 Å². The van der Waals surface area contributed by atoms with E-state index in [0.717, 1.165) is 4.47 Å². The van der Waals surface area contributed by atoms with Crippen LogP contribution in [0.5, 0.6) is 0 Å². The fourth-order valence-corrected chi connectivity index (χ4v) is 2.99. The first kappa shape index (κ1) is 19.0. The number of aryl methyl sites for hydroxylation is 1. The van der Waals surface area contributed by atoms with Gasteiger partial charge in [0.1, 0.15) is 5.82 Å². The molecule has 1 atom stereocenters. The van der Waals surface area contributed by atoms with Crippen LogP contribution in [0.25, 0.3) is 10.9 Å². The van der Waals surface area contributed by atoms with Crippen LogP contribution < -0.4 is 5.32 Å². The van der Waals surface area contributed by atoms with E-state index in [0.29, 0.717) is 27.7 Å². The van der Waals surface area contributed by atoms with Crippen LogP contribution in [0, 0.1) is 12.7 Å². The third-order valence-electron chi connectivity index (χ3n) is 4.13. The van der Waals surface area contributed by atoms with Gasteiger partial charge in [0.2, 0.25) is 0 Å². The molecule has 0 radical (unpaired) electrons. The molecule has 0 unspecified atom stereocenters. The van der Waals surface area contributed by atoms with Crippen LogP contribution in [-0.4, -0.2) is 24.0 Å². The number of esters is 1. The minimum absolute atomic E-state index is 0.306. The number of pyridine rings is 1. The molecule has 7 heteroatoms. The largest absolute Gasteiger partial charge is 0.467 e.